The van der Waals surface area contributed by atoms with Crippen molar-refractivity contribution in [2.75, 3.05) is 11.9 Å². The normalized spacial score (nSPS) is 10.1. The van der Waals surface area contributed by atoms with E-state index in [1.165, 1.54) is 36.4 Å². The summed E-state index contributed by atoms with van der Waals surface area (Å²) in [6.45, 7) is 2.50. The minimum absolute atomic E-state index is 0.139. The number of ether oxygens (including phenoxy) is 1. The zero-order chi connectivity index (χ0) is 14.5. The molecule has 0 amide bonds. The number of nitrogens with zero attached hydrogens (tertiary/aromatic N) is 2. The number of pyridine rings is 1. The topological polar surface area (TPSA) is 77.3 Å². The van der Waals surface area contributed by atoms with E-state index < -0.39 is 10.7 Å². The lowest BCUT2D eigenvalue weighted by Gasteiger charge is -2.07. The molecule has 104 valence electrons. The van der Waals surface area contributed by atoms with E-state index in [2.05, 4.69) is 10.3 Å². The second kappa shape index (κ2) is 5.96. The van der Waals surface area contributed by atoms with Crippen LogP contribution in [0.3, 0.4) is 0 Å². The Morgan fingerprint density at radius 1 is 1.30 bits per heavy atom. The summed E-state index contributed by atoms with van der Waals surface area (Å²) in [7, 11) is 0. The molecule has 0 aliphatic carbocycles. The number of aromatic nitrogens is 1. The first-order valence-corrected chi connectivity index (χ1v) is 5.93. The van der Waals surface area contributed by atoms with E-state index in [0.29, 0.717) is 12.4 Å². The lowest BCUT2D eigenvalue weighted by atomic mass is 10.3. The third-order valence-corrected chi connectivity index (χ3v) is 2.42. The molecule has 2 rings (SSSR count). The maximum atomic E-state index is 12.8. The van der Waals surface area contributed by atoms with Crippen molar-refractivity contribution in [3.8, 4) is 11.6 Å². The van der Waals surface area contributed by atoms with E-state index >= 15 is 0 Å². The Balaban J connectivity index is 2.34. The molecule has 1 N–H and O–H groups in total. The molecule has 0 atom stereocenters. The lowest BCUT2D eigenvalue weighted by Crippen LogP contribution is -2.02. The molecular weight excluding hydrogens is 265 g/mol. The highest BCUT2D eigenvalue weighted by molar-refractivity contribution is 5.50. The Labute approximate surface area is 114 Å². The Morgan fingerprint density at radius 3 is 2.60 bits per heavy atom. The van der Waals surface area contributed by atoms with Crippen LogP contribution < -0.4 is 10.1 Å². The summed E-state index contributed by atoms with van der Waals surface area (Å²) in [5, 5.41) is 13.9. The summed E-state index contributed by atoms with van der Waals surface area (Å²) in [6.07, 6.45) is 0. The van der Waals surface area contributed by atoms with E-state index in [1.807, 2.05) is 6.92 Å². The fourth-order valence-electron chi connectivity index (χ4n) is 1.54. The van der Waals surface area contributed by atoms with Crippen LogP contribution in [0.4, 0.5) is 15.9 Å². The molecule has 0 spiro atoms. The first kappa shape index (κ1) is 13.7. The van der Waals surface area contributed by atoms with Crippen LogP contribution in [0.2, 0.25) is 0 Å². The monoisotopic (exact) mass is 277 g/mol. The highest BCUT2D eigenvalue weighted by Crippen LogP contribution is 2.30. The van der Waals surface area contributed by atoms with Gasteiger partial charge in [-0.2, -0.15) is 4.98 Å². The van der Waals surface area contributed by atoms with Crippen molar-refractivity contribution < 1.29 is 14.1 Å². The number of benzene rings is 1. The number of halogens is 1. The largest absolute Gasteiger partial charge is 0.434 e. The van der Waals surface area contributed by atoms with Gasteiger partial charge in [0, 0.05) is 12.6 Å². The van der Waals surface area contributed by atoms with Crippen LogP contribution in [0.25, 0.3) is 0 Å². The van der Waals surface area contributed by atoms with Crippen LogP contribution in [0.5, 0.6) is 11.6 Å². The summed E-state index contributed by atoms with van der Waals surface area (Å²) in [4.78, 5) is 14.4. The zero-order valence-electron chi connectivity index (χ0n) is 10.7. The van der Waals surface area contributed by atoms with Crippen molar-refractivity contribution >= 4 is 11.5 Å². The van der Waals surface area contributed by atoms with Gasteiger partial charge in [0.1, 0.15) is 17.4 Å². The van der Waals surface area contributed by atoms with E-state index in [4.69, 9.17) is 4.74 Å². The number of nitro groups is 1. The molecule has 0 aliphatic heterocycles. The smallest absolute Gasteiger partial charge is 0.331 e. The summed E-state index contributed by atoms with van der Waals surface area (Å²) in [6, 6.07) is 7.97. The highest BCUT2D eigenvalue weighted by Gasteiger charge is 2.18. The van der Waals surface area contributed by atoms with Crippen LogP contribution in [-0.2, 0) is 0 Å². The molecule has 1 aromatic heterocycles. The van der Waals surface area contributed by atoms with Crippen LogP contribution in [0.15, 0.2) is 36.4 Å². The van der Waals surface area contributed by atoms with Gasteiger partial charge in [-0.1, -0.05) is 0 Å². The molecule has 0 bridgehead atoms. The van der Waals surface area contributed by atoms with Crippen molar-refractivity contribution in [1.29, 1.82) is 0 Å². The Morgan fingerprint density at radius 2 is 2.00 bits per heavy atom. The molecule has 0 aliphatic rings. The number of nitrogens with one attached hydrogen (secondary N) is 1. The third-order valence-electron chi connectivity index (χ3n) is 2.42. The van der Waals surface area contributed by atoms with Crippen LogP contribution in [0.1, 0.15) is 6.92 Å². The van der Waals surface area contributed by atoms with Gasteiger partial charge in [-0.25, -0.2) is 4.39 Å². The van der Waals surface area contributed by atoms with E-state index in [-0.39, 0.29) is 17.3 Å². The van der Waals surface area contributed by atoms with Crippen LogP contribution >= 0.6 is 0 Å². The van der Waals surface area contributed by atoms with Gasteiger partial charge in [-0.05, 0) is 37.3 Å². The van der Waals surface area contributed by atoms with E-state index in [9.17, 15) is 14.5 Å². The molecular formula is C13H12FN3O3. The van der Waals surface area contributed by atoms with Crippen LogP contribution in [-0.4, -0.2) is 16.5 Å². The standard InChI is InChI=1S/C13H12FN3O3/c1-2-15-12-8-7-11(17(18)19)13(16-12)20-10-5-3-9(14)4-6-10/h3-8H,2H2,1H3,(H,15,16). The quantitative estimate of drug-likeness (QED) is 0.669. The van der Waals surface area contributed by atoms with Crippen molar-refractivity contribution in [2.24, 2.45) is 0 Å². The second-order valence-electron chi connectivity index (χ2n) is 3.86. The molecule has 0 saturated heterocycles. The first-order chi connectivity index (χ1) is 9.60. The van der Waals surface area contributed by atoms with Gasteiger partial charge in [0.15, 0.2) is 0 Å². The van der Waals surface area contributed by atoms with E-state index in [0.717, 1.165) is 0 Å². The fourth-order valence-corrected chi connectivity index (χ4v) is 1.54. The zero-order valence-corrected chi connectivity index (χ0v) is 10.7. The minimum atomic E-state index is -0.582. The second-order valence-corrected chi connectivity index (χ2v) is 3.86. The molecule has 0 saturated carbocycles. The maximum absolute atomic E-state index is 12.8. The van der Waals surface area contributed by atoms with Gasteiger partial charge in [0.05, 0.1) is 4.92 Å². The van der Waals surface area contributed by atoms with E-state index in [1.54, 1.807) is 0 Å². The number of rotatable bonds is 5. The van der Waals surface area contributed by atoms with Gasteiger partial charge in [-0.3, -0.25) is 10.1 Å². The van der Waals surface area contributed by atoms with Gasteiger partial charge in [0.25, 0.3) is 0 Å². The molecule has 1 heterocycles. The van der Waals surface area contributed by atoms with Crippen molar-refractivity contribution in [2.45, 2.75) is 6.92 Å². The molecule has 6 nitrogen and oxygen atoms in total. The Kier molecular flexibility index (Phi) is 4.09. The van der Waals surface area contributed by atoms with Gasteiger partial charge >= 0.3 is 11.6 Å². The molecule has 1 aromatic carbocycles. The fraction of sp³-hybridized carbons (Fsp3) is 0.154. The SMILES string of the molecule is CCNc1ccc([N+](=O)[O-])c(Oc2ccc(F)cc2)n1. The third kappa shape index (κ3) is 3.19. The summed E-state index contributed by atoms with van der Waals surface area (Å²) >= 11 is 0. The molecule has 20 heavy (non-hydrogen) atoms. The molecule has 2 aromatic rings. The van der Waals surface area contributed by atoms with Crippen LogP contribution in [0, 0.1) is 15.9 Å². The minimum Gasteiger partial charge on any atom is -0.434 e. The number of hydrogen-bond acceptors (Lipinski definition) is 5. The average molecular weight is 277 g/mol. The van der Waals surface area contributed by atoms with Gasteiger partial charge < -0.3 is 10.1 Å². The molecule has 0 unspecified atom stereocenters. The summed E-state index contributed by atoms with van der Waals surface area (Å²) < 4.78 is 18.2. The maximum Gasteiger partial charge on any atom is 0.331 e. The summed E-state index contributed by atoms with van der Waals surface area (Å²) in [5.74, 6) is 0.187. The van der Waals surface area contributed by atoms with Crippen molar-refractivity contribution in [3.63, 3.8) is 0 Å². The van der Waals surface area contributed by atoms with Crippen molar-refractivity contribution in [3.05, 3.63) is 52.3 Å². The van der Waals surface area contributed by atoms with Gasteiger partial charge in [-0.15, -0.1) is 0 Å². The Bertz CT molecular complexity index is 617. The van der Waals surface area contributed by atoms with Gasteiger partial charge in [0.2, 0.25) is 0 Å². The first-order valence-electron chi connectivity index (χ1n) is 5.93. The highest BCUT2D eigenvalue weighted by atomic mass is 19.1. The number of anilines is 1. The molecule has 7 heteroatoms. The number of hydrogen-bond donors (Lipinski definition) is 1. The predicted molar refractivity (Wildman–Crippen MR) is 71.5 cm³/mol. The predicted octanol–water partition coefficient (Wildman–Crippen LogP) is 3.35. The molecule has 0 radical (unpaired) electrons. The molecule has 0 fully saturated rings. The summed E-state index contributed by atoms with van der Waals surface area (Å²) in [5.41, 5.74) is -0.254. The Hall–Kier alpha value is -2.70. The van der Waals surface area contributed by atoms with Crippen molar-refractivity contribution in [1.82, 2.24) is 4.98 Å². The lowest BCUT2D eigenvalue weighted by molar-refractivity contribution is -0.386. The average Bonchev–Trinajstić information content (AvgIpc) is 2.42.